The highest BCUT2D eigenvalue weighted by Crippen LogP contribution is 2.24. The number of halogens is 1. The van der Waals surface area contributed by atoms with Crippen LogP contribution in [-0.4, -0.2) is 47.3 Å². The van der Waals surface area contributed by atoms with Crippen molar-refractivity contribution < 1.29 is 5.11 Å². The second-order valence-electron chi connectivity index (χ2n) is 5.38. The monoisotopic (exact) mass is 321 g/mol. The summed E-state index contributed by atoms with van der Waals surface area (Å²) in [5, 5.41) is 15.2. The Kier molecular flexibility index (Phi) is 6.43. The molecule has 2 rings (SSSR count). The lowest BCUT2D eigenvalue weighted by Crippen LogP contribution is -2.33. The van der Waals surface area contributed by atoms with Crippen molar-refractivity contribution in [2.24, 2.45) is 0 Å². The van der Waals surface area contributed by atoms with Crippen molar-refractivity contribution in [3.05, 3.63) is 35.5 Å². The average molecular weight is 322 g/mol. The number of aromatic nitrogens is 1. The molecule has 2 aromatic rings. The molecule has 0 aliphatic rings. The molecule has 0 spiro atoms. The molecule has 0 saturated carbocycles. The van der Waals surface area contributed by atoms with Crippen molar-refractivity contribution >= 4 is 28.2 Å². The van der Waals surface area contributed by atoms with Crippen LogP contribution in [0.15, 0.2) is 30.5 Å². The van der Waals surface area contributed by atoms with Gasteiger partial charge in [-0.05, 0) is 43.8 Å². The van der Waals surface area contributed by atoms with Crippen LogP contribution in [-0.2, 0) is 0 Å². The number of hydrogen-bond donors (Lipinski definition) is 2. The van der Waals surface area contributed by atoms with E-state index in [4.69, 9.17) is 11.6 Å². The molecule has 0 amide bonds. The van der Waals surface area contributed by atoms with Gasteiger partial charge in [0.25, 0.3) is 0 Å². The van der Waals surface area contributed by atoms with Crippen molar-refractivity contribution in [2.45, 2.75) is 26.4 Å². The van der Waals surface area contributed by atoms with Crippen LogP contribution in [0.5, 0.6) is 0 Å². The summed E-state index contributed by atoms with van der Waals surface area (Å²) in [5.41, 5.74) is 1.90. The van der Waals surface area contributed by atoms with Gasteiger partial charge in [0, 0.05) is 35.4 Å². The third kappa shape index (κ3) is 4.57. The molecule has 1 aromatic heterocycles. The van der Waals surface area contributed by atoms with Crippen molar-refractivity contribution in [1.82, 2.24) is 9.88 Å². The van der Waals surface area contributed by atoms with Gasteiger partial charge in [-0.25, -0.2) is 0 Å². The molecule has 1 atom stereocenters. The fraction of sp³-hybridized carbons (Fsp3) is 0.471. The zero-order valence-corrected chi connectivity index (χ0v) is 14.0. The van der Waals surface area contributed by atoms with Gasteiger partial charge in [0.1, 0.15) is 0 Å². The molecule has 4 nitrogen and oxygen atoms in total. The predicted molar refractivity (Wildman–Crippen MR) is 93.7 cm³/mol. The standard InChI is InChI=1S/C17H24ClN3O/c1-3-21(4-2)12-14(22)7-9-19-16-8-10-20-17-11-13(18)5-6-15(16)17/h5-6,8,10-11,14,22H,3-4,7,9,12H2,1-2H3,(H,19,20)/t14-/m0/s1. The lowest BCUT2D eigenvalue weighted by Gasteiger charge is -2.22. The van der Waals surface area contributed by atoms with Gasteiger partial charge in [0.2, 0.25) is 0 Å². The molecular formula is C17H24ClN3O. The summed E-state index contributed by atoms with van der Waals surface area (Å²) in [6, 6.07) is 7.65. The van der Waals surface area contributed by atoms with E-state index in [1.165, 1.54) is 0 Å². The number of rotatable bonds is 8. The Morgan fingerprint density at radius 2 is 2.05 bits per heavy atom. The summed E-state index contributed by atoms with van der Waals surface area (Å²) in [6.07, 6.45) is 2.18. The molecule has 0 unspecified atom stereocenters. The first kappa shape index (κ1) is 17.0. The zero-order valence-electron chi connectivity index (χ0n) is 13.2. The number of anilines is 1. The zero-order chi connectivity index (χ0) is 15.9. The first-order chi connectivity index (χ1) is 10.6. The molecule has 0 saturated heterocycles. The normalized spacial score (nSPS) is 12.8. The number of likely N-dealkylation sites (N-methyl/N-ethyl adjacent to an activating group) is 1. The van der Waals surface area contributed by atoms with Crippen molar-refractivity contribution in [2.75, 3.05) is 31.5 Å². The molecule has 1 aromatic carbocycles. The Morgan fingerprint density at radius 3 is 2.77 bits per heavy atom. The first-order valence-corrected chi connectivity index (χ1v) is 8.20. The minimum atomic E-state index is -0.310. The fourth-order valence-corrected chi connectivity index (χ4v) is 2.69. The topological polar surface area (TPSA) is 48.4 Å². The van der Waals surface area contributed by atoms with Crippen molar-refractivity contribution in [1.29, 1.82) is 0 Å². The smallest absolute Gasteiger partial charge is 0.0737 e. The highest BCUT2D eigenvalue weighted by Gasteiger charge is 2.09. The van der Waals surface area contributed by atoms with E-state index in [-0.39, 0.29) is 6.10 Å². The van der Waals surface area contributed by atoms with E-state index in [9.17, 15) is 5.11 Å². The van der Waals surface area contributed by atoms with E-state index in [1.54, 1.807) is 6.20 Å². The number of fused-ring (bicyclic) bond motifs is 1. The van der Waals surface area contributed by atoms with E-state index < -0.39 is 0 Å². The number of nitrogens with one attached hydrogen (secondary N) is 1. The summed E-state index contributed by atoms with van der Waals surface area (Å²) in [5.74, 6) is 0. The number of nitrogens with zero attached hydrogens (tertiary/aromatic N) is 2. The molecule has 2 N–H and O–H groups in total. The van der Waals surface area contributed by atoms with E-state index in [0.29, 0.717) is 11.4 Å². The van der Waals surface area contributed by atoms with Crippen molar-refractivity contribution in [3.63, 3.8) is 0 Å². The molecule has 5 heteroatoms. The molecule has 0 bridgehead atoms. The first-order valence-electron chi connectivity index (χ1n) is 7.82. The maximum Gasteiger partial charge on any atom is 0.0737 e. The van der Waals surface area contributed by atoms with E-state index in [0.717, 1.165) is 42.8 Å². The summed E-state index contributed by atoms with van der Waals surface area (Å²) in [6.45, 7) is 7.62. The van der Waals surface area contributed by atoms with E-state index >= 15 is 0 Å². The Hall–Kier alpha value is -1.36. The molecule has 0 fully saturated rings. The highest BCUT2D eigenvalue weighted by atomic mass is 35.5. The maximum absolute atomic E-state index is 10.1. The highest BCUT2D eigenvalue weighted by molar-refractivity contribution is 6.31. The molecule has 22 heavy (non-hydrogen) atoms. The van der Waals surface area contributed by atoms with Crippen LogP contribution in [0, 0.1) is 0 Å². The van der Waals surface area contributed by atoms with Gasteiger partial charge in [-0.2, -0.15) is 0 Å². The number of aliphatic hydroxyl groups is 1. The third-order valence-corrected chi connectivity index (χ3v) is 4.10. The Morgan fingerprint density at radius 1 is 1.27 bits per heavy atom. The summed E-state index contributed by atoms with van der Waals surface area (Å²) in [7, 11) is 0. The quantitative estimate of drug-likeness (QED) is 0.782. The number of benzene rings is 1. The van der Waals surface area contributed by atoms with Crippen LogP contribution in [0.25, 0.3) is 10.9 Å². The minimum absolute atomic E-state index is 0.310. The lowest BCUT2D eigenvalue weighted by atomic mass is 10.1. The predicted octanol–water partition coefficient (Wildman–Crippen LogP) is 3.39. The minimum Gasteiger partial charge on any atom is -0.392 e. The van der Waals surface area contributed by atoms with E-state index in [2.05, 4.69) is 29.0 Å². The van der Waals surface area contributed by atoms with Gasteiger partial charge in [-0.15, -0.1) is 0 Å². The number of hydrogen-bond acceptors (Lipinski definition) is 4. The molecule has 120 valence electrons. The van der Waals surface area contributed by atoms with Crippen LogP contribution in [0.4, 0.5) is 5.69 Å². The van der Waals surface area contributed by atoms with Crippen LogP contribution in [0.3, 0.4) is 0 Å². The summed E-state index contributed by atoms with van der Waals surface area (Å²) in [4.78, 5) is 6.56. The molecule has 0 aliphatic heterocycles. The largest absolute Gasteiger partial charge is 0.392 e. The molecular weight excluding hydrogens is 298 g/mol. The van der Waals surface area contributed by atoms with Gasteiger partial charge in [-0.1, -0.05) is 25.4 Å². The van der Waals surface area contributed by atoms with Crippen molar-refractivity contribution in [3.8, 4) is 0 Å². The van der Waals surface area contributed by atoms with Gasteiger partial charge >= 0.3 is 0 Å². The summed E-state index contributed by atoms with van der Waals surface area (Å²) < 4.78 is 0. The van der Waals surface area contributed by atoms with Gasteiger partial charge in [0.15, 0.2) is 0 Å². The second kappa shape index (κ2) is 8.32. The summed E-state index contributed by atoms with van der Waals surface area (Å²) >= 11 is 5.99. The molecule has 0 aliphatic carbocycles. The fourth-order valence-electron chi connectivity index (χ4n) is 2.52. The maximum atomic E-state index is 10.1. The van der Waals surface area contributed by atoms with Crippen LogP contribution >= 0.6 is 11.6 Å². The Balaban J connectivity index is 1.92. The van der Waals surface area contributed by atoms with Crippen LogP contribution in [0.2, 0.25) is 5.02 Å². The lowest BCUT2D eigenvalue weighted by molar-refractivity contribution is 0.113. The third-order valence-electron chi connectivity index (χ3n) is 3.86. The second-order valence-corrected chi connectivity index (χ2v) is 5.81. The number of pyridine rings is 1. The van der Waals surface area contributed by atoms with E-state index in [1.807, 2.05) is 24.3 Å². The number of aliphatic hydroxyl groups excluding tert-OH is 1. The molecule has 1 heterocycles. The van der Waals surface area contributed by atoms with Gasteiger partial charge in [0.05, 0.1) is 11.6 Å². The van der Waals surface area contributed by atoms with Gasteiger partial charge in [-0.3, -0.25) is 4.98 Å². The Labute approximate surface area is 137 Å². The average Bonchev–Trinajstić information content (AvgIpc) is 2.52. The molecule has 0 radical (unpaired) electrons. The Bertz CT molecular complexity index is 601. The van der Waals surface area contributed by atoms with Crippen LogP contribution < -0.4 is 5.32 Å². The SMILES string of the molecule is CCN(CC)C[C@@H](O)CCNc1ccnc2cc(Cl)ccc12. The van der Waals surface area contributed by atoms with Gasteiger partial charge < -0.3 is 15.3 Å². The van der Waals surface area contributed by atoms with Crippen LogP contribution in [0.1, 0.15) is 20.3 Å².